The van der Waals surface area contributed by atoms with Gasteiger partial charge in [-0.15, -0.1) is 11.3 Å². The molecule has 2 heterocycles. The Balaban J connectivity index is 1.76. The molecule has 92 valence electrons. The van der Waals surface area contributed by atoms with Gasteiger partial charge in [-0.1, -0.05) is 11.8 Å². The summed E-state index contributed by atoms with van der Waals surface area (Å²) in [5.74, 6) is 0.956. The van der Waals surface area contributed by atoms with Gasteiger partial charge in [0.2, 0.25) is 0 Å². The van der Waals surface area contributed by atoms with Gasteiger partial charge >= 0.3 is 0 Å². The molecular weight excluding hydrogens is 266 g/mol. The summed E-state index contributed by atoms with van der Waals surface area (Å²) in [5, 5.41) is 3.76. The molecule has 0 saturated heterocycles. The van der Waals surface area contributed by atoms with Crippen LogP contribution in [0.2, 0.25) is 0 Å². The molecule has 1 aliphatic carbocycles. The van der Waals surface area contributed by atoms with E-state index in [9.17, 15) is 4.79 Å². The molecule has 0 aliphatic heterocycles. The summed E-state index contributed by atoms with van der Waals surface area (Å²) in [7, 11) is 0. The van der Waals surface area contributed by atoms with Gasteiger partial charge in [-0.25, -0.2) is 15.0 Å². The molecule has 0 aromatic carbocycles. The summed E-state index contributed by atoms with van der Waals surface area (Å²) >= 11 is 3.20. The fourth-order valence-electron chi connectivity index (χ4n) is 1.89. The fourth-order valence-corrected chi connectivity index (χ4v) is 3.37. The number of aromatic nitrogens is 3. The number of ketones is 1. The number of carbonyl (C=O) groups is 1. The van der Waals surface area contributed by atoms with Crippen LogP contribution in [0, 0.1) is 0 Å². The predicted molar refractivity (Wildman–Crippen MR) is 71.0 cm³/mol. The maximum atomic E-state index is 11.6. The Morgan fingerprint density at radius 2 is 2.28 bits per heavy atom. The van der Waals surface area contributed by atoms with Crippen molar-refractivity contribution in [2.24, 2.45) is 0 Å². The number of nitrogens with zero attached hydrogens (tertiary/aromatic N) is 3. The lowest BCUT2D eigenvalue weighted by molar-refractivity contribution is 0.0970. The van der Waals surface area contributed by atoms with Crippen LogP contribution in [0.15, 0.2) is 22.9 Å². The number of carbonyl (C=O) groups excluding carboxylic acids is 1. The summed E-state index contributed by atoms with van der Waals surface area (Å²) in [6.07, 6.45) is 5.89. The zero-order valence-corrected chi connectivity index (χ0v) is 11.3. The molecule has 0 bridgehead atoms. The van der Waals surface area contributed by atoms with Gasteiger partial charge in [0.25, 0.3) is 0 Å². The van der Waals surface area contributed by atoms with E-state index in [0.29, 0.717) is 12.0 Å². The molecule has 6 heteroatoms. The molecule has 0 saturated carbocycles. The highest BCUT2D eigenvalue weighted by molar-refractivity contribution is 7.98. The van der Waals surface area contributed by atoms with Gasteiger partial charge < -0.3 is 0 Å². The number of Topliss-reactive ketones (excluding diaryl/α,β-unsaturated/α-hetero) is 1. The van der Waals surface area contributed by atoms with Gasteiger partial charge in [-0.3, -0.25) is 4.79 Å². The van der Waals surface area contributed by atoms with E-state index in [1.165, 1.54) is 0 Å². The lowest BCUT2D eigenvalue weighted by Crippen LogP contribution is -2.13. The molecule has 0 amide bonds. The molecule has 3 rings (SSSR count). The molecule has 0 atom stereocenters. The molecule has 0 spiro atoms. The van der Waals surface area contributed by atoms with Gasteiger partial charge in [0.15, 0.2) is 10.9 Å². The van der Waals surface area contributed by atoms with Crippen LogP contribution in [0.5, 0.6) is 0 Å². The average Bonchev–Trinajstić information content (AvgIpc) is 2.90. The normalized spacial score (nSPS) is 14.6. The van der Waals surface area contributed by atoms with Crippen LogP contribution in [-0.4, -0.2) is 20.7 Å². The number of thioether (sulfide) groups is 1. The highest BCUT2D eigenvalue weighted by Crippen LogP contribution is 2.24. The average molecular weight is 277 g/mol. The SMILES string of the molecule is O=C1CCCc2nc(SCc3nccs3)ncc21. The van der Waals surface area contributed by atoms with Crippen LogP contribution in [0.3, 0.4) is 0 Å². The van der Waals surface area contributed by atoms with Crippen molar-refractivity contribution in [1.29, 1.82) is 0 Å². The first-order valence-electron chi connectivity index (χ1n) is 5.73. The first-order chi connectivity index (χ1) is 8.83. The number of thiazole rings is 1. The topological polar surface area (TPSA) is 55.7 Å². The second-order valence-corrected chi connectivity index (χ2v) is 5.93. The molecule has 1 aliphatic rings. The summed E-state index contributed by atoms with van der Waals surface area (Å²) in [4.78, 5) is 24.6. The standard InChI is InChI=1S/C12H11N3OS2/c16-10-3-1-2-9-8(10)6-14-12(15-9)18-7-11-13-4-5-17-11/h4-6H,1-3,7H2. The van der Waals surface area contributed by atoms with Crippen LogP contribution in [0.4, 0.5) is 0 Å². The molecule has 0 fully saturated rings. The van der Waals surface area contributed by atoms with Crippen molar-refractivity contribution in [1.82, 2.24) is 15.0 Å². The first kappa shape index (κ1) is 11.8. The van der Waals surface area contributed by atoms with E-state index in [1.54, 1.807) is 35.5 Å². The molecule has 0 unspecified atom stereocenters. The van der Waals surface area contributed by atoms with E-state index in [1.807, 2.05) is 5.38 Å². The van der Waals surface area contributed by atoms with E-state index >= 15 is 0 Å². The molecule has 2 aromatic rings. The Bertz CT molecular complexity index is 569. The van der Waals surface area contributed by atoms with Gasteiger partial charge in [-0.05, 0) is 12.8 Å². The maximum absolute atomic E-state index is 11.6. The first-order valence-corrected chi connectivity index (χ1v) is 7.60. The molecule has 0 radical (unpaired) electrons. The van der Waals surface area contributed by atoms with E-state index in [0.717, 1.165) is 34.5 Å². The predicted octanol–water partition coefficient (Wildman–Crippen LogP) is 2.74. The zero-order chi connectivity index (χ0) is 12.4. The lowest BCUT2D eigenvalue weighted by atomic mass is 9.96. The monoisotopic (exact) mass is 277 g/mol. The fraction of sp³-hybridized carbons (Fsp3) is 0.333. The number of hydrogen-bond acceptors (Lipinski definition) is 6. The van der Waals surface area contributed by atoms with Crippen LogP contribution < -0.4 is 0 Å². The number of rotatable bonds is 3. The molecule has 4 nitrogen and oxygen atoms in total. The summed E-state index contributed by atoms with van der Waals surface area (Å²) < 4.78 is 0. The largest absolute Gasteiger partial charge is 0.294 e. The van der Waals surface area contributed by atoms with Crippen molar-refractivity contribution in [3.8, 4) is 0 Å². The van der Waals surface area contributed by atoms with Gasteiger partial charge in [-0.2, -0.15) is 0 Å². The third kappa shape index (κ3) is 2.44. The summed E-state index contributed by atoms with van der Waals surface area (Å²) in [6.45, 7) is 0. The molecule has 0 N–H and O–H groups in total. The van der Waals surface area contributed by atoms with Crippen LogP contribution in [0.25, 0.3) is 0 Å². The Morgan fingerprint density at radius 3 is 3.11 bits per heavy atom. The van der Waals surface area contributed by atoms with Crippen molar-refractivity contribution in [2.75, 3.05) is 0 Å². The van der Waals surface area contributed by atoms with E-state index < -0.39 is 0 Å². The zero-order valence-electron chi connectivity index (χ0n) is 9.63. The van der Waals surface area contributed by atoms with Gasteiger partial charge in [0.05, 0.1) is 17.0 Å². The Kier molecular flexibility index (Phi) is 3.38. The molecule has 2 aromatic heterocycles. The van der Waals surface area contributed by atoms with E-state index in [-0.39, 0.29) is 5.78 Å². The smallest absolute Gasteiger partial charge is 0.188 e. The lowest BCUT2D eigenvalue weighted by Gasteiger charge is -2.13. The third-order valence-corrected chi connectivity index (χ3v) is 4.61. The highest BCUT2D eigenvalue weighted by Gasteiger charge is 2.19. The number of aryl methyl sites for hydroxylation is 1. The quantitative estimate of drug-likeness (QED) is 0.638. The van der Waals surface area contributed by atoms with Gasteiger partial charge in [0, 0.05) is 24.2 Å². The van der Waals surface area contributed by atoms with Gasteiger partial charge in [0.1, 0.15) is 5.01 Å². The summed E-state index contributed by atoms with van der Waals surface area (Å²) in [6, 6.07) is 0. The van der Waals surface area contributed by atoms with Crippen molar-refractivity contribution in [2.45, 2.75) is 30.2 Å². The Labute approximate surface area is 113 Å². The van der Waals surface area contributed by atoms with Crippen molar-refractivity contribution < 1.29 is 4.79 Å². The minimum Gasteiger partial charge on any atom is -0.294 e. The van der Waals surface area contributed by atoms with Crippen molar-refractivity contribution >= 4 is 28.9 Å². The van der Waals surface area contributed by atoms with Crippen LogP contribution in [0.1, 0.15) is 33.9 Å². The third-order valence-electron chi connectivity index (χ3n) is 2.77. The highest BCUT2D eigenvalue weighted by atomic mass is 32.2. The number of hydrogen-bond donors (Lipinski definition) is 0. The summed E-state index contributed by atoms with van der Waals surface area (Å²) in [5.41, 5.74) is 1.61. The second kappa shape index (κ2) is 5.16. The maximum Gasteiger partial charge on any atom is 0.188 e. The van der Waals surface area contributed by atoms with E-state index in [4.69, 9.17) is 0 Å². The minimum absolute atomic E-state index is 0.174. The van der Waals surface area contributed by atoms with Crippen LogP contribution >= 0.6 is 23.1 Å². The minimum atomic E-state index is 0.174. The van der Waals surface area contributed by atoms with Crippen molar-refractivity contribution in [3.63, 3.8) is 0 Å². The molecular formula is C12H11N3OS2. The molecule has 18 heavy (non-hydrogen) atoms. The van der Waals surface area contributed by atoms with Crippen LogP contribution in [-0.2, 0) is 12.2 Å². The number of fused-ring (bicyclic) bond motifs is 1. The Morgan fingerprint density at radius 1 is 1.33 bits per heavy atom. The van der Waals surface area contributed by atoms with Crippen molar-refractivity contribution in [3.05, 3.63) is 34.0 Å². The Hall–Kier alpha value is -1.27. The second-order valence-electron chi connectivity index (χ2n) is 4.00. The van der Waals surface area contributed by atoms with E-state index in [2.05, 4.69) is 15.0 Å².